The molecule has 0 aromatic carbocycles. The van der Waals surface area contributed by atoms with Crippen LogP contribution in [0.2, 0.25) is 0 Å². The summed E-state index contributed by atoms with van der Waals surface area (Å²) < 4.78 is 31.3. The summed E-state index contributed by atoms with van der Waals surface area (Å²) in [6, 6.07) is 1.70. The predicted molar refractivity (Wildman–Crippen MR) is 79.7 cm³/mol. The fourth-order valence-corrected chi connectivity index (χ4v) is 4.20. The normalized spacial score (nSPS) is 17.0. The number of aryl methyl sites for hydroxylation is 1. The average molecular weight is 324 g/mol. The lowest BCUT2D eigenvalue weighted by atomic mass is 9.89. The molecule has 2 aromatic rings. The average Bonchev–Trinajstić information content (AvgIpc) is 3.09. The third kappa shape index (κ3) is 3.55. The van der Waals surface area contributed by atoms with Gasteiger partial charge in [-0.15, -0.1) is 0 Å². The Labute approximate surface area is 129 Å². The van der Waals surface area contributed by atoms with Crippen LogP contribution in [0.1, 0.15) is 55.4 Å². The fraction of sp³-hybridized carbons (Fsp3) is 0.643. The van der Waals surface area contributed by atoms with Crippen LogP contribution in [0, 0.1) is 0 Å². The highest BCUT2D eigenvalue weighted by Gasteiger charge is 2.24. The molecule has 1 saturated carbocycles. The molecule has 7 nitrogen and oxygen atoms in total. The van der Waals surface area contributed by atoms with E-state index in [2.05, 4.69) is 15.2 Å². The smallest absolute Gasteiger partial charge is 0.229 e. The first-order chi connectivity index (χ1) is 10.5. The second-order valence-electron chi connectivity index (χ2n) is 5.86. The molecule has 22 heavy (non-hydrogen) atoms. The van der Waals surface area contributed by atoms with Gasteiger partial charge in [-0.05, 0) is 18.9 Å². The number of hydrogen-bond acceptors (Lipinski definition) is 6. The predicted octanol–water partition coefficient (Wildman–Crippen LogP) is 1.97. The van der Waals surface area contributed by atoms with Crippen molar-refractivity contribution < 1.29 is 12.9 Å². The van der Waals surface area contributed by atoms with Crippen LogP contribution in [0.25, 0.3) is 0 Å². The van der Waals surface area contributed by atoms with Crippen molar-refractivity contribution in [1.82, 2.24) is 19.9 Å². The van der Waals surface area contributed by atoms with Crippen molar-refractivity contribution in [3.05, 3.63) is 29.7 Å². The van der Waals surface area contributed by atoms with Crippen molar-refractivity contribution in [2.45, 2.75) is 49.5 Å². The second-order valence-corrected chi connectivity index (χ2v) is 7.93. The standard InChI is InChI=1S/C14H20N4O3S/c1-18-12(7-8-15-18)9-22(19,20)10-13-16-14(21-17-13)11-5-3-2-4-6-11/h7-8,11H,2-6,9-10H2,1H3. The number of rotatable bonds is 5. The Morgan fingerprint density at radius 3 is 2.73 bits per heavy atom. The van der Waals surface area contributed by atoms with E-state index in [0.29, 0.717) is 11.6 Å². The molecule has 0 amide bonds. The highest BCUT2D eigenvalue weighted by atomic mass is 32.2. The lowest BCUT2D eigenvalue weighted by Crippen LogP contribution is -2.12. The molecule has 8 heteroatoms. The first kappa shape index (κ1) is 15.2. The van der Waals surface area contributed by atoms with Gasteiger partial charge in [0.25, 0.3) is 0 Å². The van der Waals surface area contributed by atoms with Crippen LogP contribution in [-0.2, 0) is 28.4 Å². The number of nitrogens with zero attached hydrogens (tertiary/aromatic N) is 4. The molecule has 3 rings (SSSR count). The van der Waals surface area contributed by atoms with Crippen molar-refractivity contribution in [1.29, 1.82) is 0 Å². The zero-order valence-corrected chi connectivity index (χ0v) is 13.4. The van der Waals surface area contributed by atoms with Crippen molar-refractivity contribution in [2.24, 2.45) is 7.05 Å². The van der Waals surface area contributed by atoms with E-state index in [-0.39, 0.29) is 23.2 Å². The molecule has 0 atom stereocenters. The lowest BCUT2D eigenvalue weighted by Gasteiger charge is -2.17. The van der Waals surface area contributed by atoms with Gasteiger partial charge >= 0.3 is 0 Å². The molecule has 0 aliphatic heterocycles. The summed E-state index contributed by atoms with van der Waals surface area (Å²) in [6.45, 7) is 0. The summed E-state index contributed by atoms with van der Waals surface area (Å²) in [5.41, 5.74) is 0.649. The second kappa shape index (κ2) is 6.20. The van der Waals surface area contributed by atoms with Gasteiger partial charge in [0.15, 0.2) is 15.7 Å². The summed E-state index contributed by atoms with van der Waals surface area (Å²) in [5.74, 6) is 0.855. The molecule has 0 radical (unpaired) electrons. The number of aromatic nitrogens is 4. The third-order valence-corrected chi connectivity index (χ3v) is 5.51. The Hall–Kier alpha value is -1.70. The Morgan fingerprint density at radius 1 is 1.27 bits per heavy atom. The van der Waals surface area contributed by atoms with Gasteiger partial charge < -0.3 is 4.52 Å². The highest BCUT2D eigenvalue weighted by molar-refractivity contribution is 7.89. The molecular weight excluding hydrogens is 304 g/mol. The van der Waals surface area contributed by atoms with Gasteiger partial charge in [-0.25, -0.2) is 8.42 Å². The molecule has 0 N–H and O–H groups in total. The van der Waals surface area contributed by atoms with Gasteiger partial charge in [0, 0.05) is 19.2 Å². The summed E-state index contributed by atoms with van der Waals surface area (Å²) in [6.07, 6.45) is 7.26. The van der Waals surface area contributed by atoms with Crippen LogP contribution in [0.4, 0.5) is 0 Å². The Kier molecular flexibility index (Phi) is 4.28. The number of sulfone groups is 1. The van der Waals surface area contributed by atoms with Crippen LogP contribution >= 0.6 is 0 Å². The van der Waals surface area contributed by atoms with E-state index in [9.17, 15) is 8.42 Å². The maximum Gasteiger partial charge on any atom is 0.229 e. The number of hydrogen-bond donors (Lipinski definition) is 0. The van der Waals surface area contributed by atoms with Crippen LogP contribution < -0.4 is 0 Å². The van der Waals surface area contributed by atoms with Gasteiger partial charge in [-0.3, -0.25) is 4.68 Å². The molecule has 0 saturated heterocycles. The van der Waals surface area contributed by atoms with E-state index in [1.54, 1.807) is 24.0 Å². The van der Waals surface area contributed by atoms with Gasteiger partial charge in [0.1, 0.15) is 5.75 Å². The molecule has 0 spiro atoms. The van der Waals surface area contributed by atoms with E-state index in [0.717, 1.165) is 12.8 Å². The molecule has 1 aliphatic carbocycles. The minimum atomic E-state index is -3.34. The lowest BCUT2D eigenvalue weighted by molar-refractivity contribution is 0.312. The molecule has 120 valence electrons. The minimum Gasteiger partial charge on any atom is -0.339 e. The highest BCUT2D eigenvalue weighted by Crippen LogP contribution is 2.31. The van der Waals surface area contributed by atoms with Gasteiger partial charge in [-0.1, -0.05) is 24.4 Å². The van der Waals surface area contributed by atoms with E-state index in [4.69, 9.17) is 4.52 Å². The van der Waals surface area contributed by atoms with Crippen molar-refractivity contribution >= 4 is 9.84 Å². The Balaban J connectivity index is 1.67. The fourth-order valence-electron chi connectivity index (χ4n) is 2.86. The third-order valence-electron chi connectivity index (χ3n) is 4.08. The summed E-state index contributed by atoms with van der Waals surface area (Å²) in [7, 11) is -1.62. The quantitative estimate of drug-likeness (QED) is 0.835. The largest absolute Gasteiger partial charge is 0.339 e. The Bertz CT molecular complexity index is 729. The first-order valence-electron chi connectivity index (χ1n) is 7.53. The summed E-state index contributed by atoms with van der Waals surface area (Å²) in [5, 5.41) is 7.82. The van der Waals surface area contributed by atoms with Crippen molar-refractivity contribution in [3.8, 4) is 0 Å². The maximum atomic E-state index is 12.2. The van der Waals surface area contributed by atoms with Crippen LogP contribution in [-0.4, -0.2) is 28.3 Å². The van der Waals surface area contributed by atoms with E-state index in [1.165, 1.54) is 19.3 Å². The molecular formula is C14H20N4O3S. The Morgan fingerprint density at radius 2 is 2.05 bits per heavy atom. The zero-order valence-electron chi connectivity index (χ0n) is 12.6. The topological polar surface area (TPSA) is 90.9 Å². The van der Waals surface area contributed by atoms with Crippen molar-refractivity contribution in [2.75, 3.05) is 0 Å². The molecule has 0 unspecified atom stereocenters. The molecule has 2 aromatic heterocycles. The van der Waals surface area contributed by atoms with Crippen LogP contribution in [0.3, 0.4) is 0 Å². The monoisotopic (exact) mass is 324 g/mol. The molecule has 0 bridgehead atoms. The summed E-state index contributed by atoms with van der Waals surface area (Å²) in [4.78, 5) is 4.29. The van der Waals surface area contributed by atoms with Crippen LogP contribution in [0.15, 0.2) is 16.8 Å². The zero-order chi connectivity index (χ0) is 15.6. The minimum absolute atomic E-state index is 0.0726. The molecule has 2 heterocycles. The van der Waals surface area contributed by atoms with Crippen molar-refractivity contribution in [3.63, 3.8) is 0 Å². The molecule has 1 fully saturated rings. The first-order valence-corrected chi connectivity index (χ1v) is 9.35. The van der Waals surface area contributed by atoms with Gasteiger partial charge in [-0.2, -0.15) is 10.1 Å². The van der Waals surface area contributed by atoms with E-state index >= 15 is 0 Å². The van der Waals surface area contributed by atoms with Gasteiger partial charge in [0.05, 0.1) is 11.4 Å². The molecule has 1 aliphatic rings. The van der Waals surface area contributed by atoms with Gasteiger partial charge in [0.2, 0.25) is 5.89 Å². The van der Waals surface area contributed by atoms with Crippen LogP contribution in [0.5, 0.6) is 0 Å². The SMILES string of the molecule is Cn1nccc1CS(=O)(=O)Cc1noc(C2CCCCC2)n1. The van der Waals surface area contributed by atoms with E-state index < -0.39 is 9.84 Å². The maximum absolute atomic E-state index is 12.2. The summed E-state index contributed by atoms with van der Waals surface area (Å²) >= 11 is 0. The van der Waals surface area contributed by atoms with E-state index in [1.807, 2.05) is 0 Å².